The predicted octanol–water partition coefficient (Wildman–Crippen LogP) is 4.73. The molecule has 0 aromatic heterocycles. The number of carbonyl (C=O) groups excluding carboxylic acids is 1. The third kappa shape index (κ3) is 5.35. The molecule has 5 nitrogen and oxygen atoms in total. The molecule has 1 amide bonds. The fourth-order valence-corrected chi connectivity index (χ4v) is 4.24. The standard InChI is InChI=1S/C26H34N2O3/c1-6-7-10-21-19(2)17-20(18-29)22-11-8-9-12-23(22)24(21)27-13-15-28(16-14-27)25(30)31-26(3,4)5/h6-12,17,24,29H,1,13-16,18H2,2-5H3/b10-7-. The Balaban J connectivity index is 1.93. The molecule has 1 unspecified atom stereocenters. The molecular formula is C26H34N2O3. The van der Waals surface area contributed by atoms with Gasteiger partial charge < -0.3 is 14.7 Å². The van der Waals surface area contributed by atoms with Gasteiger partial charge in [0.05, 0.1) is 12.6 Å². The van der Waals surface area contributed by atoms with Gasteiger partial charge >= 0.3 is 6.09 Å². The van der Waals surface area contributed by atoms with Crippen molar-refractivity contribution in [3.63, 3.8) is 0 Å². The van der Waals surface area contributed by atoms with Gasteiger partial charge in [-0.05, 0) is 55.5 Å². The lowest BCUT2D eigenvalue weighted by molar-refractivity contribution is 0.0119. The number of benzene rings is 1. The minimum Gasteiger partial charge on any atom is -0.444 e. The highest BCUT2D eigenvalue weighted by atomic mass is 16.6. The number of hydrogen-bond acceptors (Lipinski definition) is 4. The summed E-state index contributed by atoms with van der Waals surface area (Å²) in [5, 5.41) is 10.0. The van der Waals surface area contributed by atoms with E-state index >= 15 is 0 Å². The first-order valence-corrected chi connectivity index (χ1v) is 10.9. The summed E-state index contributed by atoms with van der Waals surface area (Å²) in [4.78, 5) is 16.7. The monoisotopic (exact) mass is 422 g/mol. The molecule has 0 spiro atoms. The van der Waals surface area contributed by atoms with E-state index in [-0.39, 0.29) is 18.7 Å². The Bertz CT molecular complexity index is 913. The number of piperazine rings is 1. The smallest absolute Gasteiger partial charge is 0.410 e. The van der Waals surface area contributed by atoms with Crippen LogP contribution in [0, 0.1) is 0 Å². The number of aliphatic hydroxyl groups is 1. The summed E-state index contributed by atoms with van der Waals surface area (Å²) in [5.74, 6) is 0. The maximum absolute atomic E-state index is 12.5. The Morgan fingerprint density at radius 3 is 2.52 bits per heavy atom. The van der Waals surface area contributed by atoms with E-state index in [1.165, 1.54) is 11.1 Å². The number of amides is 1. The van der Waals surface area contributed by atoms with Gasteiger partial charge in [0, 0.05) is 26.2 Å². The molecule has 2 aliphatic rings. The SMILES string of the molecule is C=C/C=C\C1=C(C)C=C(CO)c2ccccc2C1N1CCN(C(=O)OC(C)(C)C)CC1. The second kappa shape index (κ2) is 9.67. The van der Waals surface area contributed by atoms with Crippen LogP contribution in [0.4, 0.5) is 4.79 Å². The van der Waals surface area contributed by atoms with Crippen LogP contribution < -0.4 is 0 Å². The van der Waals surface area contributed by atoms with Gasteiger partial charge in [-0.1, -0.05) is 55.1 Å². The molecule has 1 heterocycles. The molecule has 3 rings (SSSR count). The van der Waals surface area contributed by atoms with Crippen LogP contribution in [0.5, 0.6) is 0 Å². The summed E-state index contributed by atoms with van der Waals surface area (Å²) in [7, 11) is 0. The highest BCUT2D eigenvalue weighted by Gasteiger charge is 2.33. The van der Waals surface area contributed by atoms with E-state index in [1.807, 2.05) is 39.0 Å². The third-order valence-electron chi connectivity index (χ3n) is 5.66. The van der Waals surface area contributed by atoms with Crippen molar-refractivity contribution in [2.24, 2.45) is 0 Å². The molecule has 31 heavy (non-hydrogen) atoms. The minimum absolute atomic E-state index is 0.00799. The quantitative estimate of drug-likeness (QED) is 0.713. The van der Waals surface area contributed by atoms with Crippen LogP contribution >= 0.6 is 0 Å². The van der Waals surface area contributed by atoms with Crippen molar-refractivity contribution >= 4 is 11.7 Å². The molecule has 1 saturated heterocycles. The van der Waals surface area contributed by atoms with Gasteiger partial charge in [-0.15, -0.1) is 0 Å². The van der Waals surface area contributed by atoms with Gasteiger partial charge in [-0.25, -0.2) is 4.79 Å². The number of allylic oxidation sites excluding steroid dienone is 4. The van der Waals surface area contributed by atoms with E-state index < -0.39 is 5.60 Å². The molecule has 1 aliphatic heterocycles. The summed E-state index contributed by atoms with van der Waals surface area (Å²) < 4.78 is 5.55. The van der Waals surface area contributed by atoms with Gasteiger partial charge in [0.25, 0.3) is 0 Å². The Morgan fingerprint density at radius 1 is 1.23 bits per heavy atom. The molecule has 0 bridgehead atoms. The zero-order valence-corrected chi connectivity index (χ0v) is 19.1. The molecule has 5 heteroatoms. The van der Waals surface area contributed by atoms with Crippen LogP contribution in [0.2, 0.25) is 0 Å². The maximum Gasteiger partial charge on any atom is 0.410 e. The number of hydrogen-bond donors (Lipinski definition) is 1. The predicted molar refractivity (Wildman–Crippen MR) is 126 cm³/mol. The van der Waals surface area contributed by atoms with Crippen molar-refractivity contribution < 1.29 is 14.6 Å². The molecule has 0 radical (unpaired) electrons. The number of fused-ring (bicyclic) bond motifs is 1. The van der Waals surface area contributed by atoms with Crippen LogP contribution in [0.25, 0.3) is 5.57 Å². The van der Waals surface area contributed by atoms with E-state index in [9.17, 15) is 9.90 Å². The van der Waals surface area contributed by atoms with Crippen LogP contribution in [0.15, 0.2) is 66.3 Å². The molecule has 1 aromatic carbocycles. The number of ether oxygens (including phenoxy) is 1. The summed E-state index contributed by atoms with van der Waals surface area (Å²) in [6, 6.07) is 8.32. The van der Waals surface area contributed by atoms with Crippen molar-refractivity contribution in [1.82, 2.24) is 9.80 Å². The number of aliphatic hydroxyl groups excluding tert-OH is 1. The molecule has 1 aromatic rings. The van der Waals surface area contributed by atoms with Crippen molar-refractivity contribution in [3.05, 3.63) is 77.4 Å². The fraction of sp³-hybridized carbons (Fsp3) is 0.423. The van der Waals surface area contributed by atoms with Crippen LogP contribution in [0.1, 0.15) is 44.9 Å². The lowest BCUT2D eigenvalue weighted by Gasteiger charge is -2.40. The average Bonchev–Trinajstić information content (AvgIpc) is 2.85. The van der Waals surface area contributed by atoms with Crippen molar-refractivity contribution in [3.8, 4) is 0 Å². The van der Waals surface area contributed by atoms with Crippen LogP contribution in [-0.4, -0.2) is 59.4 Å². The average molecular weight is 423 g/mol. The Morgan fingerprint density at radius 2 is 1.90 bits per heavy atom. The summed E-state index contributed by atoms with van der Waals surface area (Å²) >= 11 is 0. The van der Waals surface area contributed by atoms with Gasteiger partial charge in [-0.3, -0.25) is 4.90 Å². The van der Waals surface area contributed by atoms with Crippen molar-refractivity contribution in [1.29, 1.82) is 0 Å². The Hall–Kier alpha value is -2.63. The molecule has 1 fully saturated rings. The molecule has 166 valence electrons. The normalized spacial score (nSPS) is 20.4. The van der Waals surface area contributed by atoms with E-state index in [1.54, 1.807) is 11.0 Å². The summed E-state index contributed by atoms with van der Waals surface area (Å²) in [6.07, 6.45) is 7.68. The van der Waals surface area contributed by atoms with E-state index in [0.29, 0.717) is 13.1 Å². The first kappa shape index (κ1) is 23.0. The van der Waals surface area contributed by atoms with Crippen molar-refractivity contribution in [2.45, 2.75) is 39.3 Å². The molecule has 1 aliphatic carbocycles. The van der Waals surface area contributed by atoms with E-state index in [0.717, 1.165) is 29.8 Å². The number of rotatable bonds is 4. The topological polar surface area (TPSA) is 53.0 Å². The van der Waals surface area contributed by atoms with Crippen LogP contribution in [-0.2, 0) is 4.74 Å². The minimum atomic E-state index is -0.497. The lowest BCUT2D eigenvalue weighted by Crippen LogP contribution is -2.51. The Kier molecular flexibility index (Phi) is 7.19. The Labute approximate surface area is 186 Å². The maximum atomic E-state index is 12.5. The second-order valence-corrected chi connectivity index (χ2v) is 9.05. The van der Waals surface area contributed by atoms with Gasteiger partial charge in [0.1, 0.15) is 5.60 Å². The molecule has 0 saturated carbocycles. The summed E-state index contributed by atoms with van der Waals surface area (Å²) in [6.45, 7) is 14.3. The largest absolute Gasteiger partial charge is 0.444 e. The number of nitrogens with zero attached hydrogens (tertiary/aromatic N) is 2. The molecule has 1 N–H and O–H groups in total. The third-order valence-corrected chi connectivity index (χ3v) is 5.66. The van der Waals surface area contributed by atoms with Gasteiger partial charge in [0.2, 0.25) is 0 Å². The lowest BCUT2D eigenvalue weighted by atomic mass is 9.90. The first-order valence-electron chi connectivity index (χ1n) is 10.9. The van der Waals surface area contributed by atoms with Gasteiger partial charge in [-0.2, -0.15) is 0 Å². The highest BCUT2D eigenvalue weighted by molar-refractivity contribution is 5.75. The first-order chi connectivity index (χ1) is 14.7. The number of carbonyl (C=O) groups is 1. The fourth-order valence-electron chi connectivity index (χ4n) is 4.24. The highest BCUT2D eigenvalue weighted by Crippen LogP contribution is 2.40. The summed E-state index contributed by atoms with van der Waals surface area (Å²) in [5.41, 5.74) is 4.98. The zero-order chi connectivity index (χ0) is 22.6. The zero-order valence-electron chi connectivity index (χ0n) is 19.1. The molecule has 1 atom stereocenters. The van der Waals surface area contributed by atoms with Gasteiger partial charge in [0.15, 0.2) is 0 Å². The van der Waals surface area contributed by atoms with E-state index in [4.69, 9.17) is 4.74 Å². The molecular weight excluding hydrogens is 388 g/mol. The second-order valence-electron chi connectivity index (χ2n) is 9.05. The van der Waals surface area contributed by atoms with Crippen LogP contribution in [0.3, 0.4) is 0 Å². The van der Waals surface area contributed by atoms with E-state index in [2.05, 4.69) is 42.7 Å². The van der Waals surface area contributed by atoms with Crippen molar-refractivity contribution in [2.75, 3.05) is 32.8 Å².